The zero-order valence-electron chi connectivity index (χ0n) is 18.6. The summed E-state index contributed by atoms with van der Waals surface area (Å²) in [6.07, 6.45) is -3.21. The highest BCUT2D eigenvalue weighted by Gasteiger charge is 2.32. The minimum Gasteiger partial charge on any atom is -0.335 e. The van der Waals surface area contributed by atoms with Crippen molar-refractivity contribution in [3.05, 3.63) is 72.2 Å². The number of aromatic nitrogens is 3. The summed E-state index contributed by atoms with van der Waals surface area (Å²) in [6.45, 7) is 1.64. The van der Waals surface area contributed by atoms with E-state index >= 15 is 4.39 Å². The molecule has 0 aliphatic rings. The fraction of sp³-hybridized carbons (Fsp3) is 0.174. The fourth-order valence-corrected chi connectivity index (χ4v) is 4.55. The van der Waals surface area contributed by atoms with Gasteiger partial charge in [-0.2, -0.15) is 13.2 Å². The third-order valence-electron chi connectivity index (χ3n) is 5.04. The van der Waals surface area contributed by atoms with Crippen LogP contribution in [0.4, 0.5) is 39.1 Å². The smallest absolute Gasteiger partial charge is 0.335 e. The monoisotopic (exact) mass is 523 g/mol. The highest BCUT2D eigenvalue weighted by Crippen LogP contribution is 2.33. The van der Waals surface area contributed by atoms with E-state index in [1.54, 1.807) is 6.92 Å². The molecule has 4 aromatic rings. The van der Waals surface area contributed by atoms with Crippen LogP contribution in [0, 0.1) is 11.6 Å². The summed E-state index contributed by atoms with van der Waals surface area (Å²) in [7, 11) is -3.85. The van der Waals surface area contributed by atoms with Gasteiger partial charge in [-0.05, 0) is 42.8 Å². The van der Waals surface area contributed by atoms with Crippen LogP contribution >= 0.6 is 0 Å². The van der Waals surface area contributed by atoms with Gasteiger partial charge in [0.2, 0.25) is 10.0 Å². The number of alkyl halides is 3. The van der Waals surface area contributed by atoms with Crippen LogP contribution in [0.5, 0.6) is 0 Å². The van der Waals surface area contributed by atoms with Gasteiger partial charge in [0.1, 0.15) is 29.3 Å². The number of sulfonamides is 1. The Morgan fingerprint density at radius 2 is 1.78 bits per heavy atom. The Morgan fingerprint density at radius 3 is 2.50 bits per heavy atom. The molecule has 0 saturated heterocycles. The second-order valence-electron chi connectivity index (χ2n) is 7.69. The van der Waals surface area contributed by atoms with Gasteiger partial charge in [0.15, 0.2) is 5.82 Å². The van der Waals surface area contributed by atoms with Crippen LogP contribution in [-0.4, -0.2) is 29.1 Å². The molecule has 0 aliphatic carbocycles. The number of rotatable bonds is 7. The topological polar surface area (TPSA) is 96.9 Å². The molecule has 0 saturated carbocycles. The normalized spacial score (nSPS) is 12.1. The van der Waals surface area contributed by atoms with Gasteiger partial charge in [-0.1, -0.05) is 19.1 Å². The van der Waals surface area contributed by atoms with Gasteiger partial charge >= 0.3 is 6.18 Å². The molecule has 7 nitrogen and oxygen atoms in total. The molecule has 0 atom stereocenters. The van der Waals surface area contributed by atoms with Gasteiger partial charge in [-0.15, -0.1) is 0 Å². The lowest BCUT2D eigenvalue weighted by Gasteiger charge is -2.14. The molecule has 36 heavy (non-hydrogen) atoms. The second-order valence-corrected chi connectivity index (χ2v) is 9.53. The number of hydrogen-bond donors (Lipinski definition) is 2. The average Bonchev–Trinajstić information content (AvgIpc) is 2.83. The van der Waals surface area contributed by atoms with Gasteiger partial charge in [-0.25, -0.2) is 32.2 Å². The third kappa shape index (κ3) is 5.35. The zero-order chi connectivity index (χ0) is 26.1. The maximum Gasteiger partial charge on any atom is 0.433 e. The molecule has 0 fully saturated rings. The first-order valence-corrected chi connectivity index (χ1v) is 12.2. The number of benzene rings is 2. The molecule has 0 spiro atoms. The first-order valence-electron chi connectivity index (χ1n) is 10.5. The Hall–Kier alpha value is -3.87. The van der Waals surface area contributed by atoms with Crippen molar-refractivity contribution in [1.82, 2.24) is 15.0 Å². The van der Waals surface area contributed by atoms with E-state index in [1.165, 1.54) is 30.3 Å². The van der Waals surface area contributed by atoms with E-state index in [9.17, 15) is 26.0 Å². The Morgan fingerprint density at radius 1 is 1.00 bits per heavy atom. The fourth-order valence-electron chi connectivity index (χ4n) is 3.42. The van der Waals surface area contributed by atoms with Crippen LogP contribution < -0.4 is 10.0 Å². The lowest BCUT2D eigenvalue weighted by molar-refractivity contribution is -0.141. The number of nitrogens with one attached hydrogen (secondary N) is 2. The Balaban J connectivity index is 1.76. The molecule has 2 N–H and O–H groups in total. The molecule has 4 rings (SSSR count). The number of fused-ring (bicyclic) bond motifs is 1. The molecule has 2 aromatic carbocycles. The standard InChI is InChI=1S/C23H18F5N5O2S/c1-2-10-36(34,35)33-18-9-7-15(24)21(20(18)25)32-22-14-11-13(6-8-17(14)29-12-30-22)16-4-3-5-19(31-16)23(26,27)28/h3-9,11-12,33H,2,10H2,1H3,(H,29,30,32). The van der Waals surface area contributed by atoms with Crippen LogP contribution in [0.25, 0.3) is 22.2 Å². The van der Waals surface area contributed by atoms with Crippen LogP contribution in [0.15, 0.2) is 54.9 Å². The van der Waals surface area contributed by atoms with Crippen molar-refractivity contribution >= 4 is 38.1 Å². The summed E-state index contributed by atoms with van der Waals surface area (Å²) >= 11 is 0. The third-order valence-corrected chi connectivity index (χ3v) is 6.52. The number of hydrogen-bond acceptors (Lipinski definition) is 6. The van der Waals surface area contributed by atoms with Crippen molar-refractivity contribution < 1.29 is 30.4 Å². The predicted octanol–water partition coefficient (Wildman–Crippen LogP) is 5.88. The van der Waals surface area contributed by atoms with Crippen molar-refractivity contribution in [3.8, 4) is 11.3 Å². The number of nitrogens with zero attached hydrogens (tertiary/aromatic N) is 3. The van der Waals surface area contributed by atoms with Crippen LogP contribution in [-0.2, 0) is 16.2 Å². The predicted molar refractivity (Wildman–Crippen MR) is 125 cm³/mol. The number of pyridine rings is 1. The summed E-state index contributed by atoms with van der Waals surface area (Å²) in [5.74, 6) is -2.53. The van der Waals surface area contributed by atoms with Crippen LogP contribution in [0.1, 0.15) is 19.0 Å². The van der Waals surface area contributed by atoms with E-state index in [-0.39, 0.29) is 28.2 Å². The van der Waals surface area contributed by atoms with Crippen molar-refractivity contribution in [2.75, 3.05) is 15.8 Å². The van der Waals surface area contributed by atoms with Gasteiger partial charge in [-0.3, -0.25) is 4.72 Å². The molecule has 0 unspecified atom stereocenters. The lowest BCUT2D eigenvalue weighted by Crippen LogP contribution is -2.17. The molecular formula is C23H18F5N5O2S. The van der Waals surface area contributed by atoms with E-state index in [4.69, 9.17) is 0 Å². The molecular weight excluding hydrogens is 505 g/mol. The molecule has 0 radical (unpaired) electrons. The SMILES string of the molecule is CCCS(=O)(=O)Nc1ccc(F)c(Nc2ncnc3ccc(-c4cccc(C(F)(F)F)n4)cc23)c1F. The molecule has 2 aromatic heterocycles. The number of anilines is 3. The van der Waals surface area contributed by atoms with Gasteiger partial charge in [0.25, 0.3) is 0 Å². The highest BCUT2D eigenvalue weighted by atomic mass is 32.2. The van der Waals surface area contributed by atoms with E-state index < -0.39 is 44.9 Å². The maximum absolute atomic E-state index is 15.1. The first kappa shape index (κ1) is 25.2. The zero-order valence-corrected chi connectivity index (χ0v) is 19.4. The minimum atomic E-state index is -4.64. The van der Waals surface area contributed by atoms with Gasteiger partial charge in [0.05, 0.1) is 22.7 Å². The lowest BCUT2D eigenvalue weighted by atomic mass is 10.1. The van der Waals surface area contributed by atoms with Crippen molar-refractivity contribution in [2.45, 2.75) is 19.5 Å². The van der Waals surface area contributed by atoms with E-state index in [0.717, 1.165) is 24.5 Å². The highest BCUT2D eigenvalue weighted by molar-refractivity contribution is 7.92. The molecule has 0 bridgehead atoms. The number of halogens is 5. The minimum absolute atomic E-state index is 0.0196. The summed E-state index contributed by atoms with van der Waals surface area (Å²) < 4.78 is 95.1. The van der Waals surface area contributed by atoms with Crippen LogP contribution in [0.2, 0.25) is 0 Å². The van der Waals surface area contributed by atoms with Gasteiger partial charge < -0.3 is 5.32 Å². The van der Waals surface area contributed by atoms with E-state index in [1.807, 2.05) is 0 Å². The summed E-state index contributed by atoms with van der Waals surface area (Å²) in [6, 6.07) is 9.73. The van der Waals surface area contributed by atoms with Crippen molar-refractivity contribution in [3.63, 3.8) is 0 Å². The average molecular weight is 523 g/mol. The second kappa shape index (κ2) is 9.64. The summed E-state index contributed by atoms with van der Waals surface area (Å²) in [5, 5.41) is 2.76. The molecule has 188 valence electrons. The van der Waals surface area contributed by atoms with Crippen molar-refractivity contribution in [1.29, 1.82) is 0 Å². The summed E-state index contributed by atoms with van der Waals surface area (Å²) in [4.78, 5) is 11.7. The quantitative estimate of drug-likeness (QED) is 0.294. The van der Waals surface area contributed by atoms with Crippen molar-refractivity contribution in [2.24, 2.45) is 0 Å². The van der Waals surface area contributed by atoms with E-state index in [0.29, 0.717) is 11.9 Å². The Labute approximate surface area is 202 Å². The Kier molecular flexibility index (Phi) is 6.76. The Bertz CT molecular complexity index is 1540. The first-order chi connectivity index (χ1) is 17.0. The largest absolute Gasteiger partial charge is 0.433 e. The van der Waals surface area contributed by atoms with Crippen LogP contribution in [0.3, 0.4) is 0 Å². The molecule has 2 heterocycles. The molecule has 13 heteroatoms. The molecule has 0 amide bonds. The molecule has 0 aliphatic heterocycles. The van der Waals surface area contributed by atoms with Gasteiger partial charge in [0, 0.05) is 10.9 Å². The summed E-state index contributed by atoms with van der Waals surface area (Å²) in [5.41, 5.74) is -1.56. The maximum atomic E-state index is 15.1. The van der Waals surface area contributed by atoms with E-state index in [2.05, 4.69) is 25.0 Å².